The van der Waals surface area contributed by atoms with Crippen molar-refractivity contribution in [2.24, 2.45) is 0 Å². The Labute approximate surface area is 275 Å². The van der Waals surface area contributed by atoms with Crippen LogP contribution in [0.15, 0.2) is 84.9 Å². The van der Waals surface area contributed by atoms with Crippen LogP contribution in [-0.4, -0.2) is 39.8 Å². The number of nitrogens with one attached hydrogen (secondary N) is 1. The fourth-order valence-corrected chi connectivity index (χ4v) is 6.85. The average Bonchev–Trinajstić information content (AvgIpc) is 3.47. The third kappa shape index (κ3) is 8.55. The Kier molecular flexibility index (Phi) is 11.6. The topological polar surface area (TPSA) is 140 Å². The van der Waals surface area contributed by atoms with Crippen LogP contribution in [0.4, 0.5) is 5.82 Å². The fourth-order valence-electron chi connectivity index (χ4n) is 5.32. The highest BCUT2D eigenvalue weighted by Crippen LogP contribution is 2.46. The first-order valence-electron chi connectivity index (χ1n) is 15.9. The number of carbonyl (C=O) groups excluding carboxylic acids is 1. The summed E-state index contributed by atoms with van der Waals surface area (Å²) in [5.74, 6) is 0.702. The zero-order chi connectivity index (χ0) is 33.2. The lowest BCUT2D eigenvalue weighted by atomic mass is 10.1. The number of pyridine rings is 1. The molecule has 0 fully saturated rings. The molecule has 2 heterocycles. The number of hydrogen-bond acceptors (Lipinski definition) is 9. The third-order valence-electron chi connectivity index (χ3n) is 7.65. The summed E-state index contributed by atoms with van der Waals surface area (Å²) in [5.41, 5.74) is 9.37. The summed E-state index contributed by atoms with van der Waals surface area (Å²) < 4.78 is 40.1. The fraction of sp³-hybridized carbons (Fsp3) is 0.343. The zero-order valence-electron chi connectivity index (χ0n) is 27.0. The molecule has 0 aliphatic rings. The van der Waals surface area contributed by atoms with Crippen LogP contribution in [-0.2, 0) is 36.6 Å². The van der Waals surface area contributed by atoms with Crippen LogP contribution in [0.25, 0.3) is 21.9 Å². The molecule has 47 heavy (non-hydrogen) atoms. The first-order valence-corrected chi connectivity index (χ1v) is 17.5. The van der Waals surface area contributed by atoms with Gasteiger partial charge in [-0.3, -0.25) is 9.32 Å². The molecule has 2 aromatic heterocycles. The quantitative estimate of drug-likeness (QED) is 0.0769. The molecule has 0 spiro atoms. The Balaban J connectivity index is 1.47. The second-order valence-corrected chi connectivity index (χ2v) is 12.9. The second-order valence-electron chi connectivity index (χ2n) is 11.2. The zero-order valence-corrected chi connectivity index (χ0v) is 27.9. The molecule has 3 aromatic carbocycles. The van der Waals surface area contributed by atoms with Crippen LogP contribution in [0.3, 0.4) is 0 Å². The number of hydrogen-bond donors (Lipinski definition) is 2. The lowest BCUT2D eigenvalue weighted by Crippen LogP contribution is -2.35. The monoisotopic (exact) mass is 659 g/mol. The molecule has 0 amide bonds. The van der Waals surface area contributed by atoms with E-state index in [1.54, 1.807) is 31.2 Å². The summed E-state index contributed by atoms with van der Waals surface area (Å²) in [4.78, 5) is 22.5. The van der Waals surface area contributed by atoms with Gasteiger partial charge in [-0.2, -0.15) is 5.09 Å². The van der Waals surface area contributed by atoms with Gasteiger partial charge >= 0.3 is 13.7 Å². The molecule has 3 N–H and O–H groups in total. The van der Waals surface area contributed by atoms with Crippen molar-refractivity contribution in [2.75, 3.05) is 18.9 Å². The highest BCUT2D eigenvalue weighted by atomic mass is 31.2. The van der Waals surface area contributed by atoms with E-state index in [2.05, 4.69) is 21.6 Å². The molecule has 11 nitrogen and oxygen atoms in total. The van der Waals surface area contributed by atoms with E-state index in [-0.39, 0.29) is 25.9 Å². The maximum absolute atomic E-state index is 14.5. The molecule has 0 radical (unpaired) electrons. The number of benzene rings is 3. The second kappa shape index (κ2) is 16.0. The molecule has 0 saturated carbocycles. The number of nitrogen functional groups attached to an aromatic ring is 1. The minimum Gasteiger partial charge on any atom is -0.460 e. The largest absolute Gasteiger partial charge is 0.460 e. The highest BCUT2D eigenvalue weighted by molar-refractivity contribution is 7.52. The van der Waals surface area contributed by atoms with E-state index < -0.39 is 19.8 Å². The molecule has 248 valence electrons. The number of unbranched alkanes of at least 4 members (excludes halogenated alkanes) is 1. The number of ether oxygens (including phenoxy) is 2. The standard InChI is InChI=1S/C35H42N5O6P/c1-4-6-17-27(40-31(24-43-5-2)38-32-33(40)29-20-13-14-21-30(29)37-34(32)36)23-45-47(42,46-28-18-11-8-12-19-28)39-25(3)35(41)44-22-26-15-9-7-10-16-26/h7-16,18-21,25,27H,4-6,17,22-24H2,1-3H3,(H2,36,37)(H,39,42)/t25-,27+,47+/m0/s1. The van der Waals surface area contributed by atoms with E-state index in [4.69, 9.17) is 29.2 Å². The van der Waals surface area contributed by atoms with Gasteiger partial charge in [-0.1, -0.05) is 86.5 Å². The number of fused-ring (bicyclic) bond motifs is 3. The highest BCUT2D eigenvalue weighted by Gasteiger charge is 2.34. The number of esters is 1. The molecular formula is C35H42N5O6P. The maximum Gasteiger partial charge on any atom is 0.459 e. The van der Waals surface area contributed by atoms with Crippen LogP contribution in [0.5, 0.6) is 5.75 Å². The van der Waals surface area contributed by atoms with E-state index in [0.29, 0.717) is 35.9 Å². The van der Waals surface area contributed by atoms with Crippen molar-refractivity contribution in [2.45, 2.75) is 65.3 Å². The molecular weight excluding hydrogens is 617 g/mol. The maximum atomic E-state index is 14.5. The molecule has 3 atom stereocenters. The summed E-state index contributed by atoms with van der Waals surface area (Å²) in [6, 6.07) is 24.5. The number of carbonyl (C=O) groups is 1. The van der Waals surface area contributed by atoms with Gasteiger partial charge in [0.2, 0.25) is 0 Å². The van der Waals surface area contributed by atoms with Gasteiger partial charge in [0.15, 0.2) is 5.82 Å². The van der Waals surface area contributed by atoms with Gasteiger partial charge in [0.25, 0.3) is 0 Å². The van der Waals surface area contributed by atoms with E-state index in [1.807, 2.05) is 67.6 Å². The lowest BCUT2D eigenvalue weighted by molar-refractivity contribution is -0.146. The van der Waals surface area contributed by atoms with E-state index in [9.17, 15) is 9.36 Å². The van der Waals surface area contributed by atoms with Crippen LogP contribution < -0.4 is 15.3 Å². The molecule has 0 saturated heterocycles. The van der Waals surface area contributed by atoms with Gasteiger partial charge in [-0.25, -0.2) is 14.5 Å². The number of nitrogens with zero attached hydrogens (tertiary/aromatic N) is 3. The average molecular weight is 660 g/mol. The summed E-state index contributed by atoms with van der Waals surface area (Å²) in [7, 11) is -4.14. The van der Waals surface area contributed by atoms with Gasteiger partial charge in [0, 0.05) is 12.0 Å². The predicted molar refractivity (Wildman–Crippen MR) is 183 cm³/mol. The normalized spacial score (nSPS) is 14.1. The van der Waals surface area contributed by atoms with E-state index in [0.717, 1.165) is 34.8 Å². The summed E-state index contributed by atoms with van der Waals surface area (Å²) in [6.07, 6.45) is 2.46. The van der Waals surface area contributed by atoms with Crippen molar-refractivity contribution in [1.82, 2.24) is 19.6 Å². The van der Waals surface area contributed by atoms with Crippen LogP contribution >= 0.6 is 7.75 Å². The Morgan fingerprint density at radius 3 is 2.38 bits per heavy atom. The van der Waals surface area contributed by atoms with Gasteiger partial charge in [-0.15, -0.1) is 0 Å². The van der Waals surface area contributed by atoms with Gasteiger partial charge in [0.1, 0.15) is 36.3 Å². The first-order chi connectivity index (χ1) is 22.8. The van der Waals surface area contributed by atoms with Crippen LogP contribution in [0, 0.1) is 0 Å². The number of para-hydroxylation sites is 2. The number of anilines is 1. The van der Waals surface area contributed by atoms with E-state index in [1.165, 1.54) is 0 Å². The first kappa shape index (κ1) is 34.1. The van der Waals surface area contributed by atoms with Crippen molar-refractivity contribution in [1.29, 1.82) is 0 Å². The third-order valence-corrected chi connectivity index (χ3v) is 9.30. The van der Waals surface area contributed by atoms with Crippen LogP contribution in [0.2, 0.25) is 0 Å². The summed E-state index contributed by atoms with van der Waals surface area (Å²) >= 11 is 0. The number of nitrogens with two attached hydrogens (primary N) is 1. The molecule has 0 aliphatic carbocycles. The number of aromatic nitrogens is 3. The Morgan fingerprint density at radius 2 is 1.66 bits per heavy atom. The smallest absolute Gasteiger partial charge is 0.459 e. The molecule has 0 unspecified atom stereocenters. The Bertz CT molecular complexity index is 1820. The van der Waals surface area contributed by atoms with Crippen molar-refractivity contribution in [3.8, 4) is 5.75 Å². The summed E-state index contributed by atoms with van der Waals surface area (Å²) in [5, 5.41) is 3.70. The molecule has 12 heteroatoms. The Hall–Kier alpha value is -4.28. The van der Waals surface area contributed by atoms with Gasteiger partial charge in [0.05, 0.1) is 23.7 Å². The van der Waals surface area contributed by atoms with E-state index >= 15 is 0 Å². The van der Waals surface area contributed by atoms with Crippen molar-refractivity contribution < 1.29 is 27.9 Å². The minimum absolute atomic E-state index is 0.0238. The SMILES string of the molecule is CCCC[C@H](CO[P@](=O)(N[C@@H](C)C(=O)OCc1ccccc1)Oc1ccccc1)n1c(COCC)nc2c(N)nc3ccccc3c21. The number of rotatable bonds is 17. The predicted octanol–water partition coefficient (Wildman–Crippen LogP) is 7.36. The van der Waals surface area contributed by atoms with Crippen molar-refractivity contribution in [3.05, 3.63) is 96.3 Å². The summed E-state index contributed by atoms with van der Waals surface area (Å²) in [6.45, 7) is 6.39. The molecule has 0 aliphatic heterocycles. The minimum atomic E-state index is -4.14. The molecule has 0 bridgehead atoms. The molecule has 5 aromatic rings. The number of imidazole rings is 1. The van der Waals surface area contributed by atoms with Gasteiger partial charge < -0.3 is 24.3 Å². The lowest BCUT2D eigenvalue weighted by Gasteiger charge is -2.27. The van der Waals surface area contributed by atoms with Crippen LogP contribution in [0.1, 0.15) is 57.5 Å². The van der Waals surface area contributed by atoms with Crippen molar-refractivity contribution >= 4 is 41.5 Å². The molecule has 5 rings (SSSR count). The Morgan fingerprint density at radius 1 is 0.957 bits per heavy atom. The van der Waals surface area contributed by atoms with Crippen molar-refractivity contribution in [3.63, 3.8) is 0 Å². The van der Waals surface area contributed by atoms with Gasteiger partial charge in [-0.05, 0) is 44.0 Å².